The van der Waals surface area contributed by atoms with Crippen LogP contribution in [0.2, 0.25) is 5.02 Å². The predicted octanol–water partition coefficient (Wildman–Crippen LogP) is 5.76. The summed E-state index contributed by atoms with van der Waals surface area (Å²) in [4.78, 5) is 14.3. The maximum absolute atomic E-state index is 14.3. The van der Waals surface area contributed by atoms with E-state index in [4.69, 9.17) is 26.1 Å². The molecule has 5 aromatic rings. The normalized spacial score (nSPS) is 17.0. The van der Waals surface area contributed by atoms with Crippen molar-refractivity contribution in [1.82, 2.24) is 44.8 Å². The molecule has 1 aromatic carbocycles. The van der Waals surface area contributed by atoms with E-state index in [1.165, 1.54) is 18.2 Å². The molecular weight excluding hydrogens is 675 g/mol. The van der Waals surface area contributed by atoms with Crippen LogP contribution in [-0.2, 0) is 49.8 Å². The van der Waals surface area contributed by atoms with Crippen molar-refractivity contribution < 1.29 is 40.2 Å². The Labute approximate surface area is 271 Å². The summed E-state index contributed by atoms with van der Waals surface area (Å²) in [5.41, 5.74) is 0.396. The lowest BCUT2D eigenvalue weighted by atomic mass is 10.0. The van der Waals surface area contributed by atoms with E-state index >= 15 is 0 Å². The topological polar surface area (TPSA) is 120 Å². The van der Waals surface area contributed by atoms with Crippen molar-refractivity contribution in [2.24, 2.45) is 0 Å². The third-order valence-electron chi connectivity index (χ3n) is 8.01. The molecule has 252 valence electrons. The third kappa shape index (κ3) is 6.51. The van der Waals surface area contributed by atoms with Gasteiger partial charge in [0.25, 0.3) is 0 Å². The summed E-state index contributed by atoms with van der Waals surface area (Å²) >= 11 is 5.78. The number of hydrogen-bond donors (Lipinski definition) is 1. The van der Waals surface area contributed by atoms with Crippen LogP contribution >= 0.6 is 11.6 Å². The van der Waals surface area contributed by atoms with Gasteiger partial charge < -0.3 is 14.0 Å². The van der Waals surface area contributed by atoms with Gasteiger partial charge in [-0.1, -0.05) is 17.7 Å². The van der Waals surface area contributed by atoms with Crippen LogP contribution in [0.15, 0.2) is 30.3 Å². The minimum absolute atomic E-state index is 0.0122. The van der Waals surface area contributed by atoms with Crippen LogP contribution in [0.25, 0.3) is 22.7 Å². The summed E-state index contributed by atoms with van der Waals surface area (Å²) in [6, 6.07) is 6.22. The highest BCUT2D eigenvalue weighted by Gasteiger charge is 2.38. The van der Waals surface area contributed by atoms with Gasteiger partial charge in [0.2, 0.25) is 17.5 Å². The van der Waals surface area contributed by atoms with Crippen LogP contribution in [0, 0.1) is 5.82 Å². The molecule has 4 aromatic heterocycles. The lowest BCUT2D eigenvalue weighted by Gasteiger charge is -2.30. The molecule has 0 aliphatic carbocycles. The number of hydrogen-bond acceptors (Lipinski definition) is 9. The smallest absolute Gasteiger partial charge is 0.451 e. The van der Waals surface area contributed by atoms with E-state index < -0.39 is 42.0 Å². The molecule has 1 atom stereocenters. The molecule has 1 saturated heterocycles. The molecule has 48 heavy (non-hydrogen) atoms. The van der Waals surface area contributed by atoms with Gasteiger partial charge in [-0.2, -0.15) is 31.4 Å². The van der Waals surface area contributed by atoms with Crippen LogP contribution in [-0.4, -0.2) is 64.1 Å². The summed E-state index contributed by atoms with van der Waals surface area (Å²) in [6.45, 7) is 1.24. The van der Waals surface area contributed by atoms with Crippen molar-refractivity contribution in [2.75, 3.05) is 13.2 Å². The fourth-order valence-corrected chi connectivity index (χ4v) is 5.62. The summed E-state index contributed by atoms with van der Waals surface area (Å²) in [5.74, 6) is -2.44. The van der Waals surface area contributed by atoms with Crippen molar-refractivity contribution in [3.05, 3.63) is 75.2 Å². The number of benzene rings is 1. The number of aromatic amines is 1. The number of ether oxygens (including phenoxy) is 2. The zero-order valence-corrected chi connectivity index (χ0v) is 25.3. The molecule has 7 rings (SSSR count). The summed E-state index contributed by atoms with van der Waals surface area (Å²) < 4.78 is 108. The number of halogens is 8. The van der Waals surface area contributed by atoms with Gasteiger partial charge in [0, 0.05) is 30.3 Å². The van der Waals surface area contributed by atoms with E-state index in [9.17, 15) is 30.7 Å². The predicted molar refractivity (Wildman–Crippen MR) is 153 cm³/mol. The number of aromatic nitrogens is 8. The molecule has 1 N–H and O–H groups in total. The number of imidazole rings is 1. The van der Waals surface area contributed by atoms with E-state index in [1.807, 2.05) is 10.00 Å². The van der Waals surface area contributed by atoms with Crippen LogP contribution < -0.4 is 4.74 Å². The maximum atomic E-state index is 14.3. The number of nitrogens with one attached hydrogen (secondary N) is 1. The number of H-pyrrole nitrogens is 1. The number of alkyl halides is 6. The van der Waals surface area contributed by atoms with Crippen molar-refractivity contribution in [2.45, 2.75) is 57.5 Å². The van der Waals surface area contributed by atoms with Crippen molar-refractivity contribution in [1.29, 1.82) is 0 Å². The fourth-order valence-electron chi connectivity index (χ4n) is 5.46. The molecule has 2 aliphatic heterocycles. The molecule has 0 unspecified atom stereocenters. The molecule has 0 bridgehead atoms. The number of nitrogens with zero attached hydrogens (tertiary/aromatic N) is 8. The van der Waals surface area contributed by atoms with Gasteiger partial charge in [-0.25, -0.2) is 19.3 Å². The standard InChI is InChI=1S/C29H23ClF7N9O2/c30-16-2-1-15(19(31)8-16)13-48-26-18(28(32,33)34)7-14-3-5-45(11-22(14)39-26)12-23-38-21-9-20(24-40-27(44-42-24)29(35,36)37)41-43-25(21)46(23)10-17-4-6-47-17/h1-2,7-9,17H,3-6,10-13H2,(H,40,42,44)/t17-/m0/s1. The first-order chi connectivity index (χ1) is 22.8. The number of fused-ring (bicyclic) bond motifs is 2. The zero-order chi connectivity index (χ0) is 33.8. The molecule has 0 saturated carbocycles. The lowest BCUT2D eigenvalue weighted by Crippen LogP contribution is -2.34. The van der Waals surface area contributed by atoms with Crippen LogP contribution in [0.3, 0.4) is 0 Å². The number of pyridine rings is 1. The SMILES string of the molecule is Fc1cc(Cl)ccc1COc1nc2c(cc1C(F)(F)F)CCN(Cc1nc3cc(-c4n[nH]c(C(F)(F)F)n4)nnc3n1C[C@@H]1CCO1)C2. The summed E-state index contributed by atoms with van der Waals surface area (Å²) in [7, 11) is 0. The summed E-state index contributed by atoms with van der Waals surface area (Å²) in [5, 5.41) is 13.8. The van der Waals surface area contributed by atoms with Gasteiger partial charge >= 0.3 is 12.4 Å². The monoisotopic (exact) mass is 697 g/mol. The summed E-state index contributed by atoms with van der Waals surface area (Å²) in [6.07, 6.45) is -8.55. The second-order valence-corrected chi connectivity index (χ2v) is 11.7. The van der Waals surface area contributed by atoms with E-state index in [0.717, 1.165) is 18.6 Å². The molecule has 0 spiro atoms. The Bertz CT molecular complexity index is 1990. The largest absolute Gasteiger partial charge is 0.472 e. The fraction of sp³-hybridized carbons (Fsp3) is 0.379. The number of rotatable bonds is 8. The Morgan fingerprint density at radius 2 is 1.83 bits per heavy atom. The first-order valence-corrected chi connectivity index (χ1v) is 14.9. The first-order valence-electron chi connectivity index (χ1n) is 14.6. The van der Waals surface area contributed by atoms with Gasteiger partial charge in [-0.05, 0) is 42.7 Å². The lowest BCUT2D eigenvalue weighted by molar-refractivity contribution is -0.144. The second kappa shape index (κ2) is 12.2. The third-order valence-corrected chi connectivity index (χ3v) is 8.25. The Morgan fingerprint density at radius 1 is 1.02 bits per heavy atom. The van der Waals surface area contributed by atoms with Crippen molar-refractivity contribution in [3.63, 3.8) is 0 Å². The highest BCUT2D eigenvalue weighted by molar-refractivity contribution is 6.30. The minimum atomic E-state index is -4.76. The van der Waals surface area contributed by atoms with E-state index in [0.29, 0.717) is 47.9 Å². The van der Waals surface area contributed by atoms with Crippen LogP contribution in [0.1, 0.15) is 40.5 Å². The molecule has 2 aliphatic rings. The van der Waals surface area contributed by atoms with Gasteiger partial charge in [-0.15, -0.1) is 10.2 Å². The second-order valence-electron chi connectivity index (χ2n) is 11.3. The van der Waals surface area contributed by atoms with Gasteiger partial charge in [0.1, 0.15) is 35.0 Å². The quantitative estimate of drug-likeness (QED) is 0.202. The van der Waals surface area contributed by atoms with Crippen LogP contribution in [0.4, 0.5) is 30.7 Å². The van der Waals surface area contributed by atoms with Gasteiger partial charge in [0.15, 0.2) is 5.65 Å². The Kier molecular flexibility index (Phi) is 8.19. The van der Waals surface area contributed by atoms with Gasteiger partial charge in [-0.3, -0.25) is 10.00 Å². The van der Waals surface area contributed by atoms with Crippen molar-refractivity contribution >= 4 is 22.8 Å². The van der Waals surface area contributed by atoms with Crippen molar-refractivity contribution in [3.8, 4) is 17.4 Å². The Balaban J connectivity index is 1.16. The average molecular weight is 698 g/mol. The van der Waals surface area contributed by atoms with E-state index in [1.54, 1.807) is 4.57 Å². The first kappa shape index (κ1) is 32.1. The van der Waals surface area contributed by atoms with E-state index in [-0.39, 0.29) is 47.7 Å². The maximum Gasteiger partial charge on any atom is 0.451 e. The van der Waals surface area contributed by atoms with Crippen LogP contribution in [0.5, 0.6) is 5.88 Å². The molecular formula is C29H23ClF7N9O2. The average Bonchev–Trinajstić information content (AvgIpc) is 3.63. The molecule has 11 nitrogen and oxygen atoms in total. The highest BCUT2D eigenvalue weighted by Crippen LogP contribution is 2.38. The molecule has 1 fully saturated rings. The zero-order valence-electron chi connectivity index (χ0n) is 24.5. The molecule has 0 amide bonds. The molecule has 19 heteroatoms. The molecule has 6 heterocycles. The Morgan fingerprint density at radius 3 is 2.52 bits per heavy atom. The van der Waals surface area contributed by atoms with Gasteiger partial charge in [0.05, 0.1) is 24.9 Å². The Hall–Kier alpha value is -4.42. The molecule has 0 radical (unpaired) electrons. The highest BCUT2D eigenvalue weighted by atomic mass is 35.5. The van der Waals surface area contributed by atoms with E-state index in [2.05, 4.69) is 25.3 Å². The minimum Gasteiger partial charge on any atom is -0.472 e.